The second kappa shape index (κ2) is 7.32. The highest BCUT2D eigenvalue weighted by Gasteiger charge is 2.18. The summed E-state index contributed by atoms with van der Waals surface area (Å²) < 4.78 is 23.9. The second-order valence-electron chi connectivity index (χ2n) is 6.48. The standard InChI is InChI=1S/C20H16BrFN4O3/c1-24-17-9-13(21)5-8-15(17)18(23-24)25-11-16(22)19(27)26(20(25)28)10-12-3-6-14(29-2)7-4-12/h3-9,11H,10H2,1-2H3. The Hall–Kier alpha value is -3.20. The fourth-order valence-corrected chi connectivity index (χ4v) is 3.51. The van der Waals surface area contributed by atoms with Crippen molar-refractivity contribution in [1.29, 1.82) is 0 Å². The maximum atomic E-state index is 14.4. The molecule has 0 bridgehead atoms. The molecule has 0 radical (unpaired) electrons. The van der Waals surface area contributed by atoms with Crippen molar-refractivity contribution in [3.63, 3.8) is 0 Å². The minimum atomic E-state index is -1.03. The molecule has 0 unspecified atom stereocenters. The largest absolute Gasteiger partial charge is 0.497 e. The molecule has 0 atom stereocenters. The molecule has 0 aliphatic rings. The highest BCUT2D eigenvalue weighted by Crippen LogP contribution is 2.24. The van der Waals surface area contributed by atoms with Gasteiger partial charge in [-0.05, 0) is 35.9 Å². The molecule has 0 fully saturated rings. The van der Waals surface area contributed by atoms with E-state index in [0.29, 0.717) is 16.7 Å². The molecule has 4 rings (SSSR count). The van der Waals surface area contributed by atoms with Gasteiger partial charge in [-0.3, -0.25) is 14.0 Å². The van der Waals surface area contributed by atoms with Crippen LogP contribution >= 0.6 is 15.9 Å². The molecule has 0 spiro atoms. The maximum absolute atomic E-state index is 14.4. The monoisotopic (exact) mass is 458 g/mol. The number of aromatic nitrogens is 4. The molecule has 0 aliphatic carbocycles. The Labute approximate surface area is 172 Å². The Balaban J connectivity index is 1.88. The van der Waals surface area contributed by atoms with Gasteiger partial charge in [0.15, 0.2) is 5.82 Å². The van der Waals surface area contributed by atoms with E-state index >= 15 is 0 Å². The molecule has 2 aromatic heterocycles. The van der Waals surface area contributed by atoms with Gasteiger partial charge in [0.1, 0.15) is 5.75 Å². The summed E-state index contributed by atoms with van der Waals surface area (Å²) in [5.74, 6) is -0.139. The summed E-state index contributed by atoms with van der Waals surface area (Å²) in [6, 6.07) is 12.3. The van der Waals surface area contributed by atoms with E-state index in [1.54, 1.807) is 49.2 Å². The molecular formula is C20H16BrFN4O3. The first-order valence-corrected chi connectivity index (χ1v) is 9.46. The van der Waals surface area contributed by atoms with Gasteiger partial charge in [-0.2, -0.15) is 9.49 Å². The number of rotatable bonds is 4. The molecule has 148 valence electrons. The molecule has 0 saturated carbocycles. The van der Waals surface area contributed by atoms with E-state index in [9.17, 15) is 14.0 Å². The van der Waals surface area contributed by atoms with Gasteiger partial charge in [0.05, 0.1) is 25.4 Å². The third kappa shape index (κ3) is 3.38. The van der Waals surface area contributed by atoms with Crippen LogP contribution in [0.2, 0.25) is 0 Å². The van der Waals surface area contributed by atoms with Crippen molar-refractivity contribution in [2.24, 2.45) is 7.05 Å². The van der Waals surface area contributed by atoms with E-state index in [1.807, 2.05) is 12.1 Å². The Kier molecular flexibility index (Phi) is 4.83. The molecule has 29 heavy (non-hydrogen) atoms. The summed E-state index contributed by atoms with van der Waals surface area (Å²) in [7, 11) is 3.27. The van der Waals surface area contributed by atoms with Crippen molar-refractivity contribution in [3.8, 4) is 11.6 Å². The highest BCUT2D eigenvalue weighted by atomic mass is 79.9. The summed E-state index contributed by atoms with van der Waals surface area (Å²) in [6.45, 7) is -0.0737. The maximum Gasteiger partial charge on any atom is 0.337 e. The topological polar surface area (TPSA) is 71.0 Å². The Morgan fingerprint density at radius 1 is 1.14 bits per heavy atom. The average molecular weight is 459 g/mol. The lowest BCUT2D eigenvalue weighted by Gasteiger charge is -2.10. The third-order valence-electron chi connectivity index (χ3n) is 4.65. The number of fused-ring (bicyclic) bond motifs is 1. The lowest BCUT2D eigenvalue weighted by molar-refractivity contribution is 0.414. The molecule has 0 saturated heterocycles. The summed E-state index contributed by atoms with van der Waals surface area (Å²) in [5, 5.41) is 5.02. The average Bonchev–Trinajstić information content (AvgIpc) is 3.04. The van der Waals surface area contributed by atoms with Crippen LogP contribution < -0.4 is 16.0 Å². The zero-order chi connectivity index (χ0) is 20.7. The molecule has 0 aliphatic heterocycles. The van der Waals surface area contributed by atoms with Crippen LogP contribution in [0.5, 0.6) is 5.75 Å². The fraction of sp³-hybridized carbons (Fsp3) is 0.150. The van der Waals surface area contributed by atoms with Crippen LogP contribution in [0.4, 0.5) is 4.39 Å². The van der Waals surface area contributed by atoms with Crippen LogP contribution in [-0.4, -0.2) is 26.0 Å². The van der Waals surface area contributed by atoms with Gasteiger partial charge >= 0.3 is 5.69 Å². The molecule has 4 aromatic rings. The van der Waals surface area contributed by atoms with Crippen LogP contribution in [0, 0.1) is 5.82 Å². The summed E-state index contributed by atoms with van der Waals surface area (Å²) in [5.41, 5.74) is -0.230. The van der Waals surface area contributed by atoms with E-state index < -0.39 is 17.1 Å². The molecule has 7 nitrogen and oxygen atoms in total. The van der Waals surface area contributed by atoms with E-state index in [1.165, 1.54) is 0 Å². The minimum Gasteiger partial charge on any atom is -0.497 e. The van der Waals surface area contributed by atoms with Gasteiger partial charge in [0.2, 0.25) is 5.82 Å². The zero-order valence-corrected chi connectivity index (χ0v) is 17.2. The number of ether oxygens (including phenoxy) is 1. The summed E-state index contributed by atoms with van der Waals surface area (Å²) >= 11 is 3.40. The summed E-state index contributed by atoms with van der Waals surface area (Å²) in [4.78, 5) is 25.4. The van der Waals surface area contributed by atoms with Crippen LogP contribution in [0.3, 0.4) is 0 Å². The number of methoxy groups -OCH3 is 1. The lowest BCUT2D eigenvalue weighted by atomic mass is 10.2. The minimum absolute atomic E-state index is 0.0737. The second-order valence-corrected chi connectivity index (χ2v) is 7.39. The molecule has 2 heterocycles. The highest BCUT2D eigenvalue weighted by molar-refractivity contribution is 9.10. The van der Waals surface area contributed by atoms with Crippen molar-refractivity contribution in [3.05, 3.63) is 85.4 Å². The Bertz CT molecular complexity index is 1340. The van der Waals surface area contributed by atoms with Gasteiger partial charge in [-0.25, -0.2) is 9.36 Å². The van der Waals surface area contributed by atoms with Crippen LogP contribution in [0.25, 0.3) is 16.7 Å². The first kappa shape index (κ1) is 19.1. The predicted octanol–water partition coefficient (Wildman–Crippen LogP) is 2.84. The molecule has 0 N–H and O–H groups in total. The summed E-state index contributed by atoms with van der Waals surface area (Å²) in [6.07, 6.45) is 0.888. The third-order valence-corrected chi connectivity index (χ3v) is 5.14. The van der Waals surface area contributed by atoms with Gasteiger partial charge in [0, 0.05) is 16.9 Å². The van der Waals surface area contributed by atoms with Crippen LogP contribution in [-0.2, 0) is 13.6 Å². The first-order valence-electron chi connectivity index (χ1n) is 8.66. The Morgan fingerprint density at radius 2 is 1.86 bits per heavy atom. The number of nitrogens with zero attached hydrogens (tertiary/aromatic N) is 4. The number of benzene rings is 2. The number of hydrogen-bond donors (Lipinski definition) is 0. The van der Waals surface area contributed by atoms with Gasteiger partial charge in [-0.1, -0.05) is 28.1 Å². The van der Waals surface area contributed by atoms with E-state index in [2.05, 4.69) is 21.0 Å². The molecular weight excluding hydrogens is 443 g/mol. The first-order chi connectivity index (χ1) is 13.9. The van der Waals surface area contributed by atoms with Crippen molar-refractivity contribution < 1.29 is 9.13 Å². The van der Waals surface area contributed by atoms with Gasteiger partial charge < -0.3 is 4.74 Å². The van der Waals surface area contributed by atoms with E-state index in [0.717, 1.165) is 25.3 Å². The number of aryl methyl sites for hydroxylation is 1. The van der Waals surface area contributed by atoms with Crippen LogP contribution in [0.1, 0.15) is 5.56 Å². The predicted molar refractivity (Wildman–Crippen MR) is 110 cm³/mol. The SMILES string of the molecule is COc1ccc(Cn2c(=O)c(F)cn(-c3nn(C)c4cc(Br)ccc34)c2=O)cc1. The van der Waals surface area contributed by atoms with Crippen molar-refractivity contribution >= 4 is 26.8 Å². The zero-order valence-electron chi connectivity index (χ0n) is 15.6. The number of halogens is 2. The van der Waals surface area contributed by atoms with Crippen LogP contribution in [0.15, 0.2) is 62.7 Å². The Morgan fingerprint density at radius 3 is 2.55 bits per heavy atom. The smallest absolute Gasteiger partial charge is 0.337 e. The number of hydrogen-bond acceptors (Lipinski definition) is 4. The van der Waals surface area contributed by atoms with Crippen molar-refractivity contribution in [2.75, 3.05) is 7.11 Å². The molecule has 9 heteroatoms. The quantitative estimate of drug-likeness (QED) is 0.471. The lowest BCUT2D eigenvalue weighted by Crippen LogP contribution is -2.41. The van der Waals surface area contributed by atoms with Gasteiger partial charge in [0.25, 0.3) is 5.56 Å². The molecule has 2 aromatic carbocycles. The van der Waals surface area contributed by atoms with E-state index in [-0.39, 0.29) is 12.4 Å². The molecule has 0 amide bonds. The van der Waals surface area contributed by atoms with Gasteiger partial charge in [-0.15, -0.1) is 0 Å². The fourth-order valence-electron chi connectivity index (χ4n) is 3.16. The normalized spacial score (nSPS) is 11.2. The van der Waals surface area contributed by atoms with Crippen molar-refractivity contribution in [2.45, 2.75) is 6.54 Å². The van der Waals surface area contributed by atoms with Crippen molar-refractivity contribution in [1.82, 2.24) is 18.9 Å². The van der Waals surface area contributed by atoms with E-state index in [4.69, 9.17) is 4.74 Å².